The van der Waals surface area contributed by atoms with Gasteiger partial charge in [-0.15, -0.1) is 33.2 Å². The fourth-order valence-corrected chi connectivity index (χ4v) is 2.46. The Hall–Kier alpha value is 0.950. The number of halogens is 4. The molecule has 0 N–H and O–H groups in total. The summed E-state index contributed by atoms with van der Waals surface area (Å²) in [4.78, 5) is 0. The van der Waals surface area contributed by atoms with Crippen molar-refractivity contribution in [1.82, 2.24) is 0 Å². The van der Waals surface area contributed by atoms with Crippen molar-refractivity contribution in [2.45, 2.75) is 51.9 Å². The van der Waals surface area contributed by atoms with E-state index in [1.165, 1.54) is 0 Å². The zero-order chi connectivity index (χ0) is 10.7. The highest BCUT2D eigenvalue weighted by Gasteiger charge is 2.47. The summed E-state index contributed by atoms with van der Waals surface area (Å²) >= 11 is 0. The van der Waals surface area contributed by atoms with Crippen LogP contribution in [0.5, 0.6) is 0 Å². The molecule has 2 atom stereocenters. The summed E-state index contributed by atoms with van der Waals surface area (Å²) in [5.41, 5.74) is -1.87. The van der Waals surface area contributed by atoms with Gasteiger partial charge in [-0.3, -0.25) is 0 Å². The summed E-state index contributed by atoms with van der Waals surface area (Å²) in [6.07, 6.45) is -2.36. The van der Waals surface area contributed by atoms with E-state index < -0.39 is 17.3 Å². The average molecular weight is 342 g/mol. The van der Waals surface area contributed by atoms with Crippen molar-refractivity contribution in [2.24, 2.45) is 5.41 Å². The fraction of sp³-hybridized carbons (Fsp3) is 1.00. The van der Waals surface area contributed by atoms with Gasteiger partial charge < -0.3 is 0 Å². The highest BCUT2D eigenvalue weighted by atomic mass is 127. The van der Waals surface area contributed by atoms with E-state index in [-0.39, 0.29) is 24.0 Å². The van der Waals surface area contributed by atoms with Gasteiger partial charge in [-0.25, -0.2) is 0 Å². The summed E-state index contributed by atoms with van der Waals surface area (Å²) in [5, 5.41) is 0. The van der Waals surface area contributed by atoms with Gasteiger partial charge in [-0.1, -0.05) is 20.8 Å². The molecule has 0 heterocycles. The SMILES string of the molecule is CCC(CC)(CC)C(P)C(F)(F)F.I. The van der Waals surface area contributed by atoms with Gasteiger partial charge in [0.25, 0.3) is 0 Å². The minimum atomic E-state index is -4.09. The highest BCUT2D eigenvalue weighted by Crippen LogP contribution is 2.46. The van der Waals surface area contributed by atoms with E-state index in [4.69, 9.17) is 0 Å². The molecule has 0 bridgehead atoms. The molecule has 0 spiro atoms. The molecule has 0 aromatic heterocycles. The van der Waals surface area contributed by atoms with Crippen LogP contribution in [0, 0.1) is 5.41 Å². The van der Waals surface area contributed by atoms with Crippen LogP contribution in [0.4, 0.5) is 13.2 Å². The topological polar surface area (TPSA) is 0 Å². The van der Waals surface area contributed by atoms with Crippen molar-refractivity contribution < 1.29 is 13.2 Å². The standard InChI is InChI=1S/C9H18F3P.HI/c1-4-8(5-2,6-3)7(13)9(10,11)12;/h7H,4-6,13H2,1-3H3;1H. The second-order valence-corrected chi connectivity index (χ2v) is 4.11. The summed E-state index contributed by atoms with van der Waals surface area (Å²) in [5.74, 6) is 0. The molecular formula is C9H19F3IP. The van der Waals surface area contributed by atoms with E-state index in [0.29, 0.717) is 19.3 Å². The Morgan fingerprint density at radius 3 is 1.36 bits per heavy atom. The Morgan fingerprint density at radius 1 is 1.00 bits per heavy atom. The van der Waals surface area contributed by atoms with Gasteiger partial charge in [0.05, 0.1) is 5.66 Å². The van der Waals surface area contributed by atoms with Crippen LogP contribution in [0.25, 0.3) is 0 Å². The first-order valence-electron chi connectivity index (χ1n) is 4.66. The van der Waals surface area contributed by atoms with E-state index in [9.17, 15) is 13.2 Å². The van der Waals surface area contributed by atoms with Crippen molar-refractivity contribution in [3.8, 4) is 0 Å². The molecule has 14 heavy (non-hydrogen) atoms. The first-order valence-corrected chi connectivity index (χ1v) is 5.33. The zero-order valence-corrected chi connectivity index (χ0v) is 12.3. The van der Waals surface area contributed by atoms with E-state index in [2.05, 4.69) is 0 Å². The molecule has 0 fully saturated rings. The maximum Gasteiger partial charge on any atom is 0.395 e. The third-order valence-corrected chi connectivity index (χ3v) is 4.21. The van der Waals surface area contributed by atoms with Crippen molar-refractivity contribution in [2.75, 3.05) is 0 Å². The van der Waals surface area contributed by atoms with Crippen molar-refractivity contribution in [3.63, 3.8) is 0 Å². The second-order valence-electron chi connectivity index (χ2n) is 3.44. The van der Waals surface area contributed by atoms with Crippen LogP contribution in [-0.2, 0) is 0 Å². The van der Waals surface area contributed by atoms with Gasteiger partial charge in [-0.2, -0.15) is 13.2 Å². The van der Waals surface area contributed by atoms with Crippen LogP contribution in [-0.4, -0.2) is 11.8 Å². The van der Waals surface area contributed by atoms with Crippen LogP contribution in [0.2, 0.25) is 0 Å². The van der Waals surface area contributed by atoms with Crippen LogP contribution in [0.15, 0.2) is 0 Å². The van der Waals surface area contributed by atoms with Crippen LogP contribution in [0.3, 0.4) is 0 Å². The van der Waals surface area contributed by atoms with Crippen LogP contribution in [0.1, 0.15) is 40.0 Å². The largest absolute Gasteiger partial charge is 0.395 e. The van der Waals surface area contributed by atoms with Gasteiger partial charge in [-0.05, 0) is 24.7 Å². The molecule has 0 saturated carbocycles. The molecule has 0 nitrogen and oxygen atoms in total. The van der Waals surface area contributed by atoms with E-state index in [1.807, 2.05) is 30.0 Å². The first-order chi connectivity index (χ1) is 5.84. The lowest BCUT2D eigenvalue weighted by Gasteiger charge is -2.37. The molecule has 0 aliphatic rings. The fourth-order valence-electron chi connectivity index (χ4n) is 1.76. The minimum absolute atomic E-state index is 0. The Morgan fingerprint density at radius 2 is 1.29 bits per heavy atom. The molecule has 0 amide bonds. The highest BCUT2D eigenvalue weighted by molar-refractivity contribution is 14.0. The maximum atomic E-state index is 12.5. The Bertz CT molecular complexity index is 146. The van der Waals surface area contributed by atoms with Crippen molar-refractivity contribution in [3.05, 3.63) is 0 Å². The molecule has 0 radical (unpaired) electrons. The summed E-state index contributed by atoms with van der Waals surface area (Å²) in [6, 6.07) is 0. The van der Waals surface area contributed by atoms with E-state index in [0.717, 1.165) is 0 Å². The van der Waals surface area contributed by atoms with Gasteiger partial charge >= 0.3 is 6.18 Å². The molecule has 2 unspecified atom stereocenters. The number of hydrogen-bond donors (Lipinski definition) is 0. The lowest BCUT2D eigenvalue weighted by Crippen LogP contribution is -2.40. The van der Waals surface area contributed by atoms with Crippen molar-refractivity contribution in [1.29, 1.82) is 0 Å². The Kier molecular flexibility index (Phi) is 8.07. The lowest BCUT2D eigenvalue weighted by atomic mass is 9.76. The van der Waals surface area contributed by atoms with E-state index in [1.54, 1.807) is 0 Å². The van der Waals surface area contributed by atoms with Crippen LogP contribution < -0.4 is 0 Å². The quantitative estimate of drug-likeness (QED) is 0.516. The molecular weight excluding hydrogens is 323 g/mol. The lowest BCUT2D eigenvalue weighted by molar-refractivity contribution is -0.153. The molecule has 0 saturated heterocycles. The smallest absolute Gasteiger partial charge is 0.170 e. The van der Waals surface area contributed by atoms with Gasteiger partial charge in [0.1, 0.15) is 0 Å². The molecule has 0 aromatic carbocycles. The van der Waals surface area contributed by atoms with Gasteiger partial charge in [0, 0.05) is 0 Å². The molecule has 0 aliphatic heterocycles. The second kappa shape index (κ2) is 6.51. The monoisotopic (exact) mass is 342 g/mol. The molecule has 0 aliphatic carbocycles. The normalized spacial score (nSPS) is 14.8. The third-order valence-electron chi connectivity index (χ3n) is 3.12. The first kappa shape index (κ1) is 17.3. The Labute approximate surface area is 104 Å². The Balaban J connectivity index is 0. The minimum Gasteiger partial charge on any atom is -0.170 e. The summed E-state index contributed by atoms with van der Waals surface area (Å²) < 4.78 is 37.5. The van der Waals surface area contributed by atoms with Crippen molar-refractivity contribution >= 4 is 33.2 Å². The summed E-state index contributed by atoms with van der Waals surface area (Å²) in [7, 11) is 1.96. The zero-order valence-electron chi connectivity index (χ0n) is 8.82. The molecule has 0 rings (SSSR count). The third kappa shape index (κ3) is 3.84. The maximum absolute atomic E-state index is 12.5. The average Bonchev–Trinajstić information content (AvgIpc) is 2.07. The molecule has 0 aromatic rings. The number of hydrogen-bond acceptors (Lipinski definition) is 0. The van der Waals surface area contributed by atoms with Gasteiger partial charge in [0.2, 0.25) is 0 Å². The summed E-state index contributed by atoms with van der Waals surface area (Å²) in [6.45, 7) is 5.49. The number of alkyl halides is 3. The molecule has 5 heteroatoms. The molecule has 88 valence electrons. The number of rotatable bonds is 4. The van der Waals surface area contributed by atoms with E-state index >= 15 is 0 Å². The predicted octanol–water partition coefficient (Wildman–Crippen LogP) is 4.63. The van der Waals surface area contributed by atoms with Gasteiger partial charge in [0.15, 0.2) is 0 Å². The van der Waals surface area contributed by atoms with Crippen LogP contribution >= 0.6 is 33.2 Å². The predicted molar refractivity (Wildman–Crippen MR) is 68.3 cm³/mol.